The minimum Gasteiger partial charge on any atom is -0.488 e. The smallest absolute Gasteiger partial charge is 0.276 e. The Bertz CT molecular complexity index is 614. The van der Waals surface area contributed by atoms with Gasteiger partial charge < -0.3 is 10.1 Å². The number of nitro benzene ring substituents is 1. The van der Waals surface area contributed by atoms with Crippen molar-refractivity contribution in [2.45, 2.75) is 20.1 Å². The van der Waals surface area contributed by atoms with Crippen molar-refractivity contribution in [3.63, 3.8) is 0 Å². The predicted molar refractivity (Wildman–Crippen MR) is 81.3 cm³/mol. The highest BCUT2D eigenvalue weighted by molar-refractivity contribution is 5.40. The molecule has 0 aliphatic rings. The van der Waals surface area contributed by atoms with Crippen LogP contribution in [0, 0.1) is 10.1 Å². The van der Waals surface area contributed by atoms with Gasteiger partial charge >= 0.3 is 0 Å². The minimum absolute atomic E-state index is 0.0849. The van der Waals surface area contributed by atoms with E-state index in [1.54, 1.807) is 18.2 Å². The van der Waals surface area contributed by atoms with Crippen LogP contribution in [0.1, 0.15) is 18.1 Å². The lowest BCUT2D eigenvalue weighted by molar-refractivity contribution is -0.385. The molecule has 0 fully saturated rings. The first-order chi connectivity index (χ1) is 10.2. The molecular weight excluding hydrogens is 268 g/mol. The Morgan fingerprint density at radius 2 is 1.76 bits per heavy atom. The SMILES string of the molecule is CCNCc1ccccc1OCc1ccccc1[N+](=O)[O-]. The first-order valence-electron chi connectivity index (χ1n) is 6.86. The van der Waals surface area contributed by atoms with Gasteiger partial charge in [0.1, 0.15) is 12.4 Å². The fraction of sp³-hybridized carbons (Fsp3) is 0.250. The molecule has 21 heavy (non-hydrogen) atoms. The van der Waals surface area contributed by atoms with Crippen molar-refractivity contribution < 1.29 is 9.66 Å². The van der Waals surface area contributed by atoms with Crippen LogP contribution in [-0.2, 0) is 13.2 Å². The average Bonchev–Trinajstić information content (AvgIpc) is 2.52. The normalized spacial score (nSPS) is 10.3. The highest BCUT2D eigenvalue weighted by Gasteiger charge is 2.13. The molecule has 0 saturated carbocycles. The molecule has 0 aliphatic carbocycles. The molecular formula is C16H18N2O3. The molecule has 2 rings (SSSR count). The van der Waals surface area contributed by atoms with E-state index >= 15 is 0 Å². The molecule has 0 aromatic heterocycles. The van der Waals surface area contributed by atoms with E-state index in [0.29, 0.717) is 12.1 Å². The summed E-state index contributed by atoms with van der Waals surface area (Å²) in [5.74, 6) is 0.747. The summed E-state index contributed by atoms with van der Waals surface area (Å²) in [6, 6.07) is 14.3. The lowest BCUT2D eigenvalue weighted by atomic mass is 10.2. The molecule has 0 spiro atoms. The second-order valence-electron chi connectivity index (χ2n) is 4.56. The van der Waals surface area contributed by atoms with Crippen LogP contribution in [-0.4, -0.2) is 11.5 Å². The zero-order valence-corrected chi connectivity index (χ0v) is 11.9. The number of hydrogen-bond acceptors (Lipinski definition) is 4. The third-order valence-corrected chi connectivity index (χ3v) is 3.11. The molecule has 1 N–H and O–H groups in total. The lowest BCUT2D eigenvalue weighted by Gasteiger charge is -2.12. The Morgan fingerprint density at radius 1 is 1.10 bits per heavy atom. The Labute approximate surface area is 123 Å². The highest BCUT2D eigenvalue weighted by atomic mass is 16.6. The third-order valence-electron chi connectivity index (χ3n) is 3.11. The quantitative estimate of drug-likeness (QED) is 0.626. The van der Waals surface area contributed by atoms with Crippen LogP contribution < -0.4 is 10.1 Å². The molecule has 0 atom stereocenters. The molecule has 0 unspecified atom stereocenters. The number of nitrogens with one attached hydrogen (secondary N) is 1. The summed E-state index contributed by atoms with van der Waals surface area (Å²) in [5.41, 5.74) is 1.69. The van der Waals surface area contributed by atoms with Crippen LogP contribution in [0.4, 0.5) is 5.69 Å². The van der Waals surface area contributed by atoms with E-state index in [-0.39, 0.29) is 17.2 Å². The molecule has 0 radical (unpaired) electrons. The number of para-hydroxylation sites is 2. The number of hydrogen-bond donors (Lipinski definition) is 1. The Kier molecular flexibility index (Phi) is 5.29. The number of ether oxygens (including phenoxy) is 1. The van der Waals surface area contributed by atoms with Gasteiger partial charge in [-0.25, -0.2) is 0 Å². The summed E-state index contributed by atoms with van der Waals surface area (Å²) < 4.78 is 5.77. The van der Waals surface area contributed by atoms with Crippen molar-refractivity contribution in [2.24, 2.45) is 0 Å². The van der Waals surface area contributed by atoms with Crippen LogP contribution in [0.2, 0.25) is 0 Å². The standard InChI is InChI=1S/C16H18N2O3/c1-2-17-11-13-7-4-6-10-16(13)21-12-14-8-3-5-9-15(14)18(19)20/h3-10,17H,2,11-12H2,1H3. The fourth-order valence-electron chi connectivity index (χ4n) is 2.02. The summed E-state index contributed by atoms with van der Waals surface area (Å²) in [6.07, 6.45) is 0. The predicted octanol–water partition coefficient (Wildman–Crippen LogP) is 3.28. The summed E-state index contributed by atoms with van der Waals surface area (Å²) in [6.45, 7) is 3.80. The van der Waals surface area contributed by atoms with Gasteiger partial charge in [-0.3, -0.25) is 10.1 Å². The van der Waals surface area contributed by atoms with Crippen molar-refractivity contribution in [1.82, 2.24) is 5.32 Å². The molecule has 5 nitrogen and oxygen atoms in total. The van der Waals surface area contributed by atoms with Crippen LogP contribution in [0.25, 0.3) is 0 Å². The molecule has 0 aliphatic heterocycles. The van der Waals surface area contributed by atoms with Gasteiger partial charge in [0, 0.05) is 18.2 Å². The Balaban J connectivity index is 2.12. The molecule has 5 heteroatoms. The Morgan fingerprint density at radius 3 is 2.48 bits per heavy atom. The maximum absolute atomic E-state index is 11.0. The second-order valence-corrected chi connectivity index (χ2v) is 4.56. The molecule has 2 aromatic rings. The van der Waals surface area contributed by atoms with Crippen LogP contribution >= 0.6 is 0 Å². The monoisotopic (exact) mass is 286 g/mol. The Hall–Kier alpha value is -2.40. The van der Waals surface area contributed by atoms with Crippen LogP contribution in [0.5, 0.6) is 5.75 Å². The number of benzene rings is 2. The van der Waals surface area contributed by atoms with E-state index in [0.717, 1.165) is 17.9 Å². The van der Waals surface area contributed by atoms with Gasteiger partial charge in [0.25, 0.3) is 5.69 Å². The van der Waals surface area contributed by atoms with Crippen molar-refractivity contribution in [3.8, 4) is 5.75 Å². The van der Waals surface area contributed by atoms with E-state index in [1.165, 1.54) is 6.07 Å². The molecule has 0 amide bonds. The van der Waals surface area contributed by atoms with Crippen molar-refractivity contribution >= 4 is 5.69 Å². The largest absolute Gasteiger partial charge is 0.488 e. The van der Waals surface area contributed by atoms with Crippen LogP contribution in [0.3, 0.4) is 0 Å². The van der Waals surface area contributed by atoms with E-state index in [4.69, 9.17) is 4.74 Å². The molecule has 2 aromatic carbocycles. The molecule has 0 saturated heterocycles. The zero-order valence-electron chi connectivity index (χ0n) is 11.9. The first kappa shape index (κ1) is 15.0. The summed E-state index contributed by atoms with van der Waals surface area (Å²) in [7, 11) is 0. The van der Waals surface area contributed by atoms with E-state index in [1.807, 2.05) is 31.2 Å². The molecule has 110 valence electrons. The van der Waals surface area contributed by atoms with Crippen molar-refractivity contribution in [1.29, 1.82) is 0 Å². The maximum Gasteiger partial charge on any atom is 0.276 e. The summed E-state index contributed by atoms with van der Waals surface area (Å²) in [4.78, 5) is 10.6. The van der Waals surface area contributed by atoms with Gasteiger partial charge in [0.15, 0.2) is 0 Å². The van der Waals surface area contributed by atoms with Gasteiger partial charge in [-0.1, -0.05) is 37.3 Å². The average molecular weight is 286 g/mol. The molecule has 0 bridgehead atoms. The topological polar surface area (TPSA) is 64.4 Å². The molecule has 0 heterocycles. The summed E-state index contributed by atoms with van der Waals surface area (Å²) in [5, 5.41) is 14.2. The summed E-state index contributed by atoms with van der Waals surface area (Å²) >= 11 is 0. The van der Waals surface area contributed by atoms with Gasteiger partial charge in [-0.15, -0.1) is 0 Å². The van der Waals surface area contributed by atoms with Gasteiger partial charge in [-0.2, -0.15) is 0 Å². The second kappa shape index (κ2) is 7.40. The fourth-order valence-corrected chi connectivity index (χ4v) is 2.02. The first-order valence-corrected chi connectivity index (χ1v) is 6.86. The number of rotatable bonds is 7. The number of nitrogens with zero attached hydrogens (tertiary/aromatic N) is 1. The van der Waals surface area contributed by atoms with E-state index in [2.05, 4.69) is 5.32 Å². The van der Waals surface area contributed by atoms with Gasteiger partial charge in [-0.05, 0) is 18.7 Å². The maximum atomic E-state index is 11.0. The van der Waals surface area contributed by atoms with E-state index in [9.17, 15) is 10.1 Å². The van der Waals surface area contributed by atoms with E-state index < -0.39 is 0 Å². The lowest BCUT2D eigenvalue weighted by Crippen LogP contribution is -2.13. The minimum atomic E-state index is -0.386. The zero-order chi connectivity index (χ0) is 15.1. The third kappa shape index (κ3) is 4.03. The number of nitro groups is 1. The van der Waals surface area contributed by atoms with Gasteiger partial charge in [0.2, 0.25) is 0 Å². The highest BCUT2D eigenvalue weighted by Crippen LogP contribution is 2.22. The van der Waals surface area contributed by atoms with Crippen molar-refractivity contribution in [3.05, 3.63) is 69.8 Å². The van der Waals surface area contributed by atoms with Crippen LogP contribution in [0.15, 0.2) is 48.5 Å². The van der Waals surface area contributed by atoms with Crippen molar-refractivity contribution in [2.75, 3.05) is 6.54 Å². The van der Waals surface area contributed by atoms with Gasteiger partial charge in [0.05, 0.1) is 10.5 Å².